The van der Waals surface area contributed by atoms with E-state index in [9.17, 15) is 72.2 Å². The van der Waals surface area contributed by atoms with Crippen molar-refractivity contribution in [3.8, 4) is 0 Å². The van der Waals surface area contributed by atoms with Gasteiger partial charge >= 0.3 is 44.8 Å². The van der Waals surface area contributed by atoms with Gasteiger partial charge in [-0.15, -0.1) is 0 Å². The molecular formula is C20H30N7O23P5. The molecule has 0 bridgehead atoms. The fraction of sp³-hybridized carbons (Fsp3) is 0.550. The van der Waals surface area contributed by atoms with Crippen molar-refractivity contribution < 1.29 is 98.4 Å². The number of phosphoric ester groups is 2. The number of nitrogens with one attached hydrogen (secondary N) is 1. The first-order valence-electron chi connectivity index (χ1n) is 14.7. The number of hydrogen-bond acceptors (Lipinski definition) is 22. The molecule has 2 aliphatic heterocycles. The maximum Gasteiger partial charge on any atom is 0.490 e. The molecule has 2 aliphatic rings. The molecule has 35 heteroatoms. The van der Waals surface area contributed by atoms with Gasteiger partial charge in [-0.05, 0) is 6.92 Å². The molecule has 2 saturated heterocycles. The molecule has 3 aromatic heterocycles. The zero-order valence-corrected chi connectivity index (χ0v) is 31.6. The number of aromatic amines is 1. The molecule has 5 heterocycles. The number of aliphatic hydroxyl groups excluding tert-OH is 3. The smallest absolute Gasteiger partial charge is 0.390 e. The van der Waals surface area contributed by atoms with E-state index in [1.807, 2.05) is 4.98 Å². The van der Waals surface area contributed by atoms with Crippen LogP contribution in [-0.2, 0) is 58.6 Å². The van der Waals surface area contributed by atoms with E-state index < -0.39 is 107 Å². The second kappa shape index (κ2) is 16.1. The van der Waals surface area contributed by atoms with E-state index in [1.54, 1.807) is 0 Å². The Morgan fingerprint density at radius 3 is 1.93 bits per heavy atom. The minimum atomic E-state index is -6.43. The normalized spacial score (nSPS) is 29.9. The lowest BCUT2D eigenvalue weighted by atomic mass is 10.1. The summed E-state index contributed by atoms with van der Waals surface area (Å²) in [5.41, 5.74) is 4.32. The summed E-state index contributed by atoms with van der Waals surface area (Å²) in [6, 6.07) is 0. The number of anilines is 1. The Labute approximate surface area is 304 Å². The van der Waals surface area contributed by atoms with Crippen molar-refractivity contribution in [2.24, 2.45) is 0 Å². The van der Waals surface area contributed by atoms with E-state index in [0.29, 0.717) is 0 Å². The van der Waals surface area contributed by atoms with Crippen molar-refractivity contribution in [2.45, 2.75) is 56.3 Å². The van der Waals surface area contributed by atoms with Gasteiger partial charge in [0.25, 0.3) is 5.56 Å². The van der Waals surface area contributed by atoms with E-state index in [4.69, 9.17) is 15.2 Å². The van der Waals surface area contributed by atoms with Gasteiger partial charge in [0.1, 0.15) is 42.5 Å². The minimum Gasteiger partial charge on any atom is -0.390 e. The third-order valence-corrected chi connectivity index (χ3v) is 14.8. The number of hydrogen-bond donors (Lipinski definition) is 10. The zero-order chi connectivity index (χ0) is 40.9. The first-order valence-corrected chi connectivity index (χ1v) is 22.1. The Morgan fingerprint density at radius 1 is 0.800 bits per heavy atom. The Balaban J connectivity index is 1.12. The topological polar surface area (TPSA) is 446 Å². The molecule has 2 fully saturated rings. The average Bonchev–Trinajstić information content (AvgIpc) is 3.70. The molecule has 0 aromatic carbocycles. The van der Waals surface area contributed by atoms with Crippen molar-refractivity contribution >= 4 is 56.1 Å². The van der Waals surface area contributed by atoms with Crippen LogP contribution in [0, 0.1) is 6.92 Å². The molecule has 0 amide bonds. The van der Waals surface area contributed by atoms with Gasteiger partial charge in [-0.2, -0.15) is 17.2 Å². The fourth-order valence-corrected chi connectivity index (χ4v) is 11.3. The van der Waals surface area contributed by atoms with E-state index in [1.165, 1.54) is 6.92 Å². The summed E-state index contributed by atoms with van der Waals surface area (Å²) in [5, 5.41) is 31.1. The standard InChI is InChI=1S/C20H30N7O23P5/c1-8-3-26(20(32)25-18(8)31)12-2-9(28)10(45-12)4-43-51(33,34)47-53(37,38)49-55(41,42)50-54(39,40)48-52(35,36)44-5-11-14(29)15(30)19(46-11)27-7-24-13-16(21)22-6-23-17(13)27/h3,6-7,9-12,14-15,19,28-30H,2,4-5H2,1H3,(H,33,34)(H,35,36)(H,37,38)(H,39,40)(H,41,42)(H2,21,22,23)(H,25,31,32)/t9-,10+,11+,12+,14+,15+,19+/m0/s1. The number of rotatable bonds is 16. The molecule has 5 unspecified atom stereocenters. The van der Waals surface area contributed by atoms with Gasteiger partial charge in [0.15, 0.2) is 17.7 Å². The molecule has 3 aromatic rings. The number of nitrogens with zero attached hydrogens (tertiary/aromatic N) is 5. The first kappa shape index (κ1) is 43.7. The van der Waals surface area contributed by atoms with Crippen LogP contribution in [0.3, 0.4) is 0 Å². The number of H-pyrrole nitrogens is 1. The number of phosphoric acid groups is 5. The molecule has 11 N–H and O–H groups in total. The monoisotopic (exact) mass is 891 g/mol. The fourth-order valence-electron chi connectivity index (χ4n) is 4.94. The lowest BCUT2D eigenvalue weighted by Gasteiger charge is -2.22. The van der Waals surface area contributed by atoms with Crippen LogP contribution >= 0.6 is 39.1 Å². The zero-order valence-electron chi connectivity index (χ0n) is 27.1. The molecule has 308 valence electrons. The summed E-state index contributed by atoms with van der Waals surface area (Å²) < 4.78 is 98.1. The summed E-state index contributed by atoms with van der Waals surface area (Å²) in [6.45, 7) is -0.894. The number of ether oxygens (including phenoxy) is 2. The lowest BCUT2D eigenvalue weighted by Crippen LogP contribution is -2.33. The Kier molecular flexibility index (Phi) is 12.7. The van der Waals surface area contributed by atoms with Crippen LogP contribution in [0.15, 0.2) is 28.4 Å². The van der Waals surface area contributed by atoms with E-state index in [-0.39, 0.29) is 29.0 Å². The van der Waals surface area contributed by atoms with Gasteiger partial charge in [0.05, 0.1) is 25.6 Å². The van der Waals surface area contributed by atoms with Crippen LogP contribution in [0.1, 0.15) is 24.4 Å². The molecule has 55 heavy (non-hydrogen) atoms. The number of aryl methyl sites for hydroxylation is 1. The third kappa shape index (κ3) is 10.7. The summed E-state index contributed by atoms with van der Waals surface area (Å²) in [6.07, 6.45) is -7.94. The van der Waals surface area contributed by atoms with Crippen LogP contribution in [0.4, 0.5) is 5.82 Å². The van der Waals surface area contributed by atoms with Crippen LogP contribution in [0.25, 0.3) is 11.2 Å². The largest absolute Gasteiger partial charge is 0.490 e. The minimum absolute atomic E-state index is 0.0386. The van der Waals surface area contributed by atoms with Gasteiger partial charge in [0.2, 0.25) is 0 Å². The highest BCUT2D eigenvalue weighted by atomic mass is 31.3. The Hall–Kier alpha value is -2.46. The van der Waals surface area contributed by atoms with Crippen molar-refractivity contribution in [3.05, 3.63) is 45.3 Å². The molecule has 5 rings (SSSR count). The average molecular weight is 891 g/mol. The predicted octanol–water partition coefficient (Wildman–Crippen LogP) is -1.86. The summed E-state index contributed by atoms with van der Waals surface area (Å²) in [7, 11) is -30.7. The van der Waals surface area contributed by atoms with Crippen LogP contribution in [0.5, 0.6) is 0 Å². The number of aromatic nitrogens is 6. The molecule has 0 radical (unpaired) electrons. The molecule has 30 nitrogen and oxygen atoms in total. The highest BCUT2D eigenvalue weighted by molar-refractivity contribution is 7.71. The van der Waals surface area contributed by atoms with Crippen molar-refractivity contribution in [1.29, 1.82) is 0 Å². The second-order valence-electron chi connectivity index (χ2n) is 11.3. The van der Waals surface area contributed by atoms with Crippen molar-refractivity contribution in [2.75, 3.05) is 18.9 Å². The van der Waals surface area contributed by atoms with Gasteiger partial charge in [0, 0.05) is 18.2 Å². The van der Waals surface area contributed by atoms with E-state index >= 15 is 0 Å². The van der Waals surface area contributed by atoms with Crippen molar-refractivity contribution in [3.63, 3.8) is 0 Å². The Bertz CT molecular complexity index is 2280. The summed E-state index contributed by atoms with van der Waals surface area (Å²) in [4.78, 5) is 86.4. The van der Waals surface area contributed by atoms with Gasteiger partial charge in [-0.1, -0.05) is 0 Å². The summed E-state index contributed by atoms with van der Waals surface area (Å²) >= 11 is 0. The second-order valence-corrected chi connectivity index (χ2v) is 19.1. The molecule has 0 spiro atoms. The molecule has 0 saturated carbocycles. The highest BCUT2D eigenvalue weighted by Gasteiger charge is 2.50. The van der Waals surface area contributed by atoms with Crippen LogP contribution < -0.4 is 17.0 Å². The van der Waals surface area contributed by atoms with Gasteiger partial charge < -0.3 is 55.0 Å². The molecule has 0 aliphatic carbocycles. The van der Waals surface area contributed by atoms with Crippen LogP contribution in [0.2, 0.25) is 0 Å². The van der Waals surface area contributed by atoms with E-state index in [2.05, 4.69) is 41.2 Å². The number of aliphatic hydroxyl groups is 3. The van der Waals surface area contributed by atoms with Crippen molar-refractivity contribution in [1.82, 2.24) is 29.1 Å². The Morgan fingerprint density at radius 2 is 1.35 bits per heavy atom. The lowest BCUT2D eigenvalue weighted by molar-refractivity contribution is -0.0503. The van der Waals surface area contributed by atoms with E-state index in [0.717, 1.165) is 28.0 Å². The number of nitrogens with two attached hydrogens (primary N) is 1. The quantitative estimate of drug-likeness (QED) is 0.0705. The highest BCUT2D eigenvalue weighted by Crippen LogP contribution is 2.73. The maximum atomic E-state index is 12.4. The predicted molar refractivity (Wildman–Crippen MR) is 172 cm³/mol. The van der Waals surface area contributed by atoms with Crippen LogP contribution in [-0.4, -0.2) is 113 Å². The maximum absolute atomic E-state index is 12.4. The first-order chi connectivity index (χ1) is 25.3. The van der Waals surface area contributed by atoms with Gasteiger partial charge in [-0.3, -0.25) is 28.0 Å². The molecule has 12 atom stereocenters. The third-order valence-electron chi connectivity index (χ3n) is 7.29. The number of fused-ring (bicyclic) bond motifs is 1. The van der Waals surface area contributed by atoms with Gasteiger partial charge in [-0.25, -0.2) is 42.6 Å². The number of imidazole rings is 1. The number of nitrogen functional groups attached to an aromatic ring is 1. The summed E-state index contributed by atoms with van der Waals surface area (Å²) in [5.74, 6) is -0.0386. The molecular weight excluding hydrogens is 861 g/mol. The SMILES string of the molecule is Cc1cn([C@H]2C[C@H](O)[C@@H](COP(=O)(O)OP(=O)(O)OP(=O)(O)OP(=O)(O)OP(=O)(O)OC[C@H]3O[C@@H](n4cnc5c(N)ncnc54)[C@H](O)[C@@H]3O)O2)c(=O)[nH]c1=O.